The summed E-state index contributed by atoms with van der Waals surface area (Å²) in [6.45, 7) is 1.13. The largest absolute Gasteiger partial charge is 0.444 e. The lowest BCUT2D eigenvalue weighted by Crippen LogP contribution is -2.33. The third-order valence-corrected chi connectivity index (χ3v) is 5.86. The average molecular weight is 416 g/mol. The summed E-state index contributed by atoms with van der Waals surface area (Å²) in [6, 6.07) is 22.7. The number of ether oxygens (including phenoxy) is 1. The van der Waals surface area contributed by atoms with E-state index in [1.807, 2.05) is 42.5 Å². The zero-order valence-corrected chi connectivity index (χ0v) is 17.7. The number of hydrogen-bond donors (Lipinski definition) is 2. The minimum atomic E-state index is -0.451. The Hall–Kier alpha value is -3.18. The van der Waals surface area contributed by atoms with Crippen molar-refractivity contribution in [3.05, 3.63) is 95.8 Å². The van der Waals surface area contributed by atoms with Crippen LogP contribution in [-0.2, 0) is 17.9 Å². The summed E-state index contributed by atoms with van der Waals surface area (Å²) < 4.78 is 5.39. The molecule has 1 aliphatic carbocycles. The third kappa shape index (κ3) is 6.15. The molecule has 0 spiro atoms. The number of carbonyl (C=O) groups is 1. The summed E-state index contributed by atoms with van der Waals surface area (Å²) in [5.74, 6) is 0.384. The van der Waals surface area contributed by atoms with Crippen LogP contribution < -0.4 is 10.6 Å². The van der Waals surface area contributed by atoms with E-state index >= 15 is 0 Å². The SMILES string of the molecule is O=C(Nc1cnccc1[C@@H]1CCC[C@H](NCc2ccccc2)C1)OCc1ccccc1. The molecular weight excluding hydrogens is 386 g/mol. The standard InChI is InChI=1S/C26H29N3O2/c30-26(31-19-21-10-5-2-6-11-21)29-25-18-27-15-14-24(25)22-12-7-13-23(16-22)28-17-20-8-3-1-4-9-20/h1-6,8-11,14-15,18,22-23,28H,7,12-13,16-17,19H2,(H,29,30)/t22-,23+/m1/s1. The second-order valence-electron chi connectivity index (χ2n) is 8.08. The summed E-state index contributed by atoms with van der Waals surface area (Å²) in [6.07, 6.45) is 7.57. The van der Waals surface area contributed by atoms with Crippen molar-refractivity contribution in [2.45, 2.75) is 50.8 Å². The predicted molar refractivity (Wildman–Crippen MR) is 123 cm³/mol. The number of carbonyl (C=O) groups excluding carboxylic acids is 1. The first-order valence-corrected chi connectivity index (χ1v) is 11.0. The van der Waals surface area contributed by atoms with Gasteiger partial charge in [-0.15, -0.1) is 0 Å². The lowest BCUT2D eigenvalue weighted by atomic mass is 9.81. The van der Waals surface area contributed by atoms with Crippen molar-refractivity contribution in [3.63, 3.8) is 0 Å². The Kier molecular flexibility index (Phi) is 7.29. The molecule has 31 heavy (non-hydrogen) atoms. The van der Waals surface area contributed by atoms with Gasteiger partial charge in [0.05, 0.1) is 11.9 Å². The molecule has 1 fully saturated rings. The van der Waals surface area contributed by atoms with Crippen LogP contribution in [0.4, 0.5) is 10.5 Å². The summed E-state index contributed by atoms with van der Waals surface area (Å²) >= 11 is 0. The quantitative estimate of drug-likeness (QED) is 0.524. The number of nitrogens with one attached hydrogen (secondary N) is 2. The summed E-state index contributed by atoms with van der Waals surface area (Å²) in [7, 11) is 0. The van der Waals surface area contributed by atoms with Crippen LogP contribution in [0.1, 0.15) is 48.3 Å². The zero-order valence-electron chi connectivity index (χ0n) is 17.7. The number of anilines is 1. The number of hydrogen-bond acceptors (Lipinski definition) is 4. The molecule has 160 valence electrons. The van der Waals surface area contributed by atoms with Crippen LogP contribution in [0, 0.1) is 0 Å². The molecule has 0 unspecified atom stereocenters. The van der Waals surface area contributed by atoms with Gasteiger partial charge in [-0.1, -0.05) is 67.1 Å². The fourth-order valence-corrected chi connectivity index (χ4v) is 4.25. The van der Waals surface area contributed by atoms with E-state index in [4.69, 9.17) is 4.74 Å². The van der Waals surface area contributed by atoms with Gasteiger partial charge in [0.2, 0.25) is 0 Å². The molecule has 5 heteroatoms. The molecule has 4 rings (SSSR count). The van der Waals surface area contributed by atoms with Crippen LogP contribution in [0.15, 0.2) is 79.1 Å². The number of pyridine rings is 1. The van der Waals surface area contributed by atoms with Gasteiger partial charge in [-0.25, -0.2) is 4.79 Å². The molecule has 0 aliphatic heterocycles. The van der Waals surface area contributed by atoms with E-state index in [0.717, 1.165) is 42.6 Å². The van der Waals surface area contributed by atoms with Gasteiger partial charge in [-0.3, -0.25) is 10.3 Å². The van der Waals surface area contributed by atoms with Gasteiger partial charge in [0, 0.05) is 18.8 Å². The molecule has 1 heterocycles. The number of rotatable bonds is 7. The monoisotopic (exact) mass is 415 g/mol. The fraction of sp³-hybridized carbons (Fsp3) is 0.308. The highest BCUT2D eigenvalue weighted by atomic mass is 16.5. The molecule has 2 N–H and O–H groups in total. The van der Waals surface area contributed by atoms with Crippen molar-refractivity contribution in [2.24, 2.45) is 0 Å². The van der Waals surface area contributed by atoms with Crippen LogP contribution in [0.5, 0.6) is 0 Å². The number of benzene rings is 2. The smallest absolute Gasteiger partial charge is 0.412 e. The van der Waals surface area contributed by atoms with Crippen LogP contribution >= 0.6 is 0 Å². The first kappa shape index (κ1) is 21.1. The van der Waals surface area contributed by atoms with E-state index < -0.39 is 6.09 Å². The Morgan fingerprint density at radius 3 is 2.48 bits per heavy atom. The molecule has 0 bridgehead atoms. The lowest BCUT2D eigenvalue weighted by Gasteiger charge is -2.31. The van der Waals surface area contributed by atoms with E-state index in [1.165, 1.54) is 12.0 Å². The van der Waals surface area contributed by atoms with E-state index in [9.17, 15) is 4.79 Å². The van der Waals surface area contributed by atoms with Crippen molar-refractivity contribution >= 4 is 11.8 Å². The normalized spacial score (nSPS) is 18.3. The highest BCUT2D eigenvalue weighted by Crippen LogP contribution is 2.36. The van der Waals surface area contributed by atoms with Crippen LogP contribution in [0.25, 0.3) is 0 Å². The lowest BCUT2D eigenvalue weighted by molar-refractivity contribution is 0.155. The molecule has 1 saturated carbocycles. The second kappa shape index (κ2) is 10.7. The third-order valence-electron chi connectivity index (χ3n) is 5.86. The molecule has 2 atom stereocenters. The molecular formula is C26H29N3O2. The van der Waals surface area contributed by atoms with Gasteiger partial charge >= 0.3 is 6.09 Å². The second-order valence-corrected chi connectivity index (χ2v) is 8.08. The topological polar surface area (TPSA) is 63.2 Å². The minimum absolute atomic E-state index is 0.247. The minimum Gasteiger partial charge on any atom is -0.444 e. The highest BCUT2D eigenvalue weighted by Gasteiger charge is 2.25. The molecule has 3 aromatic rings. The Bertz CT molecular complexity index is 963. The Morgan fingerprint density at radius 1 is 0.968 bits per heavy atom. The summed E-state index contributed by atoms with van der Waals surface area (Å²) in [4.78, 5) is 16.6. The molecule has 1 aromatic heterocycles. The molecule has 0 radical (unpaired) electrons. The van der Waals surface area contributed by atoms with Gasteiger partial charge in [-0.05, 0) is 47.9 Å². The van der Waals surface area contributed by atoms with Crippen LogP contribution in [-0.4, -0.2) is 17.1 Å². The first-order chi connectivity index (χ1) is 15.3. The van der Waals surface area contributed by atoms with Gasteiger partial charge < -0.3 is 10.1 Å². The molecule has 2 aromatic carbocycles. The number of nitrogens with zero attached hydrogens (tertiary/aromatic N) is 1. The van der Waals surface area contributed by atoms with E-state index in [1.54, 1.807) is 12.4 Å². The van der Waals surface area contributed by atoms with Gasteiger partial charge in [0.25, 0.3) is 0 Å². The van der Waals surface area contributed by atoms with Crippen molar-refractivity contribution in [1.82, 2.24) is 10.3 Å². The van der Waals surface area contributed by atoms with Crippen molar-refractivity contribution in [2.75, 3.05) is 5.32 Å². The predicted octanol–water partition coefficient (Wildman–Crippen LogP) is 5.65. The summed E-state index contributed by atoms with van der Waals surface area (Å²) in [5.41, 5.74) is 4.15. The van der Waals surface area contributed by atoms with Crippen molar-refractivity contribution < 1.29 is 9.53 Å². The maximum atomic E-state index is 12.4. The maximum Gasteiger partial charge on any atom is 0.412 e. The Morgan fingerprint density at radius 2 is 1.71 bits per heavy atom. The van der Waals surface area contributed by atoms with Gasteiger partial charge in [-0.2, -0.15) is 0 Å². The molecule has 1 amide bonds. The fourth-order valence-electron chi connectivity index (χ4n) is 4.25. The van der Waals surface area contributed by atoms with Crippen molar-refractivity contribution in [1.29, 1.82) is 0 Å². The average Bonchev–Trinajstić information content (AvgIpc) is 2.83. The van der Waals surface area contributed by atoms with Gasteiger partial charge in [0.1, 0.15) is 6.61 Å². The molecule has 0 saturated heterocycles. The number of amides is 1. The maximum absolute atomic E-state index is 12.4. The van der Waals surface area contributed by atoms with E-state index in [0.29, 0.717) is 12.0 Å². The van der Waals surface area contributed by atoms with Crippen LogP contribution in [0.3, 0.4) is 0 Å². The molecule has 5 nitrogen and oxygen atoms in total. The first-order valence-electron chi connectivity index (χ1n) is 11.0. The van der Waals surface area contributed by atoms with Gasteiger partial charge in [0.15, 0.2) is 0 Å². The number of aromatic nitrogens is 1. The van der Waals surface area contributed by atoms with E-state index in [-0.39, 0.29) is 6.61 Å². The highest BCUT2D eigenvalue weighted by molar-refractivity contribution is 5.85. The molecule has 1 aliphatic rings. The van der Waals surface area contributed by atoms with Crippen molar-refractivity contribution in [3.8, 4) is 0 Å². The Labute approximate surface area is 183 Å². The van der Waals surface area contributed by atoms with E-state index in [2.05, 4.69) is 39.9 Å². The Balaban J connectivity index is 1.35. The zero-order chi connectivity index (χ0) is 21.3. The van der Waals surface area contributed by atoms with Crippen LogP contribution in [0.2, 0.25) is 0 Å². The summed E-state index contributed by atoms with van der Waals surface area (Å²) in [5, 5.41) is 6.62.